The van der Waals surface area contributed by atoms with Gasteiger partial charge in [0.05, 0.1) is 5.57 Å². The van der Waals surface area contributed by atoms with Crippen molar-refractivity contribution in [3.05, 3.63) is 71.1 Å². The van der Waals surface area contributed by atoms with Crippen LogP contribution in [0.4, 0.5) is 0 Å². The summed E-state index contributed by atoms with van der Waals surface area (Å²) in [5.41, 5.74) is 3.21. The molecule has 0 unspecified atom stereocenters. The molecule has 4 nitrogen and oxygen atoms in total. The predicted octanol–water partition coefficient (Wildman–Crippen LogP) is 2.15. The molecule has 0 amide bonds. The van der Waals surface area contributed by atoms with Gasteiger partial charge < -0.3 is 15.0 Å². The molecule has 22 heavy (non-hydrogen) atoms. The van der Waals surface area contributed by atoms with Crippen LogP contribution in [0.15, 0.2) is 58.7 Å². The number of rotatable bonds is 3. The Morgan fingerprint density at radius 2 is 1.91 bits per heavy atom. The number of ether oxygens (including phenoxy) is 2. The minimum atomic E-state index is 0.664. The molecule has 2 aliphatic carbocycles. The summed E-state index contributed by atoms with van der Waals surface area (Å²) < 4.78 is 21.0. The molecule has 0 saturated carbocycles. The summed E-state index contributed by atoms with van der Waals surface area (Å²) in [7, 11) is 6.33. The fraction of sp³-hybridized carbons (Fsp3) is 0.222. The van der Waals surface area contributed by atoms with Gasteiger partial charge in [0.15, 0.2) is 0 Å². The maximum Gasteiger partial charge on any atom is 0.372 e. The van der Waals surface area contributed by atoms with Crippen LogP contribution in [0.5, 0.6) is 0 Å². The maximum absolute atomic E-state index is 5.53. The van der Waals surface area contributed by atoms with Gasteiger partial charge in [-0.1, -0.05) is 17.7 Å². The Hall–Kier alpha value is -2.55. The van der Waals surface area contributed by atoms with Crippen LogP contribution in [0.1, 0.15) is 0 Å². The summed E-state index contributed by atoms with van der Waals surface area (Å²) in [5, 5.41) is 0. The second kappa shape index (κ2) is 7.46. The van der Waals surface area contributed by atoms with Crippen LogP contribution >= 0.6 is 0 Å². The Balaban J connectivity index is 2.50. The molecular formula is C18H18O4. The highest BCUT2D eigenvalue weighted by Gasteiger charge is 2.29. The standard InChI is InChI=1S/C18H18O4/c1-19-11-13-7-5-9-15(17(13)21-3)16-10-6-8-14(12-20-2)18(16)22-4/h5-10H,1-4H3. The lowest BCUT2D eigenvalue weighted by molar-refractivity contribution is -0.418. The smallest absolute Gasteiger partial charge is 0.372 e. The molecule has 0 atom stereocenters. The topological polar surface area (TPSA) is 41.1 Å². The minimum Gasteiger partial charge on any atom is -0.631 e. The van der Waals surface area contributed by atoms with E-state index in [1.54, 1.807) is 28.4 Å². The maximum atomic E-state index is 5.53. The molecule has 0 radical (unpaired) electrons. The molecule has 0 heterocycles. The molecule has 0 saturated heterocycles. The van der Waals surface area contributed by atoms with E-state index in [4.69, 9.17) is 18.3 Å². The van der Waals surface area contributed by atoms with Gasteiger partial charge in [0.25, 0.3) is 14.2 Å². The number of ketones is 1. The van der Waals surface area contributed by atoms with E-state index in [0.717, 1.165) is 22.3 Å². The van der Waals surface area contributed by atoms with Gasteiger partial charge in [-0.25, -0.2) is 4.42 Å². The molecule has 4 heteroatoms. The van der Waals surface area contributed by atoms with Crippen LogP contribution in [-0.4, -0.2) is 40.2 Å². The molecule has 0 spiro atoms. The fourth-order valence-corrected chi connectivity index (χ4v) is 2.32. The monoisotopic (exact) mass is 298 g/mol. The van der Waals surface area contributed by atoms with Crippen molar-refractivity contribution < 1.29 is 18.3 Å². The molecule has 0 aliphatic heterocycles. The highest BCUT2D eigenvalue weighted by atomic mass is 16.5. The minimum absolute atomic E-state index is 0.664. The average molecular weight is 298 g/mol. The SMILES string of the molecule is CO[C-]=C1C=CC=C(C2=CC=CC(=C=[O+]C)C2=[O+]C)[C-]1OC. The summed E-state index contributed by atoms with van der Waals surface area (Å²) >= 11 is 0. The molecule has 0 aromatic rings. The molecule has 0 fully saturated rings. The van der Waals surface area contributed by atoms with Crippen molar-refractivity contribution in [3.8, 4) is 0 Å². The van der Waals surface area contributed by atoms with Gasteiger partial charge >= 0.3 is 11.7 Å². The number of hydrogen-bond donors (Lipinski definition) is 0. The normalized spacial score (nSPS) is 20.9. The van der Waals surface area contributed by atoms with Crippen molar-refractivity contribution in [2.24, 2.45) is 0 Å². The molecule has 2 rings (SSSR count). The summed E-state index contributed by atoms with van der Waals surface area (Å²) in [6.07, 6.45) is 14.9. The van der Waals surface area contributed by atoms with Crippen LogP contribution in [0, 0.1) is 12.4 Å². The quantitative estimate of drug-likeness (QED) is 0.263. The van der Waals surface area contributed by atoms with Crippen LogP contribution < -0.4 is 0 Å². The molecule has 0 aromatic heterocycles. The fourth-order valence-electron chi connectivity index (χ4n) is 2.32. The Labute approximate surface area is 130 Å². The third-order valence-electron chi connectivity index (χ3n) is 3.15. The molecule has 114 valence electrons. The largest absolute Gasteiger partial charge is 0.631 e. The Kier molecular flexibility index (Phi) is 5.37. The van der Waals surface area contributed by atoms with Crippen molar-refractivity contribution in [2.45, 2.75) is 0 Å². The van der Waals surface area contributed by atoms with Crippen molar-refractivity contribution in [1.82, 2.24) is 0 Å². The van der Waals surface area contributed by atoms with E-state index in [0.29, 0.717) is 11.9 Å². The summed E-state index contributed by atoms with van der Waals surface area (Å²) in [5.74, 6) is 3.47. The Bertz CT molecular complexity index is 678. The van der Waals surface area contributed by atoms with E-state index in [1.807, 2.05) is 36.5 Å². The van der Waals surface area contributed by atoms with Gasteiger partial charge in [-0.3, -0.25) is 10.5 Å². The van der Waals surface area contributed by atoms with Crippen molar-refractivity contribution in [3.63, 3.8) is 0 Å². The van der Waals surface area contributed by atoms with Gasteiger partial charge in [0.2, 0.25) is 5.57 Å². The van der Waals surface area contributed by atoms with Gasteiger partial charge in [0, 0.05) is 14.2 Å². The van der Waals surface area contributed by atoms with Gasteiger partial charge in [-0.05, 0) is 12.2 Å². The highest BCUT2D eigenvalue weighted by molar-refractivity contribution is 6.19. The van der Waals surface area contributed by atoms with E-state index in [2.05, 4.69) is 12.2 Å². The molecule has 0 aromatic carbocycles. The van der Waals surface area contributed by atoms with E-state index in [-0.39, 0.29) is 0 Å². The molecule has 2 aliphatic rings. The van der Waals surface area contributed by atoms with Crippen molar-refractivity contribution >= 4 is 11.7 Å². The molecular weight excluding hydrogens is 280 g/mol. The lowest BCUT2D eigenvalue weighted by Crippen LogP contribution is -2.19. The summed E-state index contributed by atoms with van der Waals surface area (Å²) in [6, 6.07) is 0. The second-order valence-corrected chi connectivity index (χ2v) is 4.39. The number of hydrogen-bond acceptors (Lipinski definition) is 2. The van der Waals surface area contributed by atoms with E-state index in [1.165, 1.54) is 0 Å². The van der Waals surface area contributed by atoms with Crippen LogP contribution in [0.25, 0.3) is 0 Å². The highest BCUT2D eigenvalue weighted by Crippen LogP contribution is 2.35. The number of allylic oxidation sites excluding steroid dienone is 6. The van der Waals surface area contributed by atoms with Crippen LogP contribution in [0.2, 0.25) is 0 Å². The van der Waals surface area contributed by atoms with Crippen molar-refractivity contribution in [1.29, 1.82) is 0 Å². The Morgan fingerprint density at radius 3 is 2.55 bits per heavy atom. The van der Waals surface area contributed by atoms with E-state index >= 15 is 0 Å². The Morgan fingerprint density at radius 1 is 1.14 bits per heavy atom. The first kappa shape index (κ1) is 15.8. The third kappa shape index (κ3) is 3.03. The van der Waals surface area contributed by atoms with Gasteiger partial charge in [-0.2, -0.15) is 12.3 Å². The van der Waals surface area contributed by atoms with Crippen LogP contribution in [-0.2, 0) is 18.3 Å². The first-order chi connectivity index (χ1) is 10.8. The van der Waals surface area contributed by atoms with Gasteiger partial charge in [-0.15, -0.1) is 6.10 Å². The zero-order chi connectivity index (χ0) is 15.9. The summed E-state index contributed by atoms with van der Waals surface area (Å²) in [6.45, 7) is 0. The third-order valence-corrected chi connectivity index (χ3v) is 3.15. The first-order valence-electron chi connectivity index (χ1n) is 6.69. The summed E-state index contributed by atoms with van der Waals surface area (Å²) in [4.78, 5) is 0. The lowest BCUT2D eigenvalue weighted by Gasteiger charge is -2.40. The number of carbonyl (C=O) groups excluding carboxylic acids is 2. The van der Waals surface area contributed by atoms with Crippen molar-refractivity contribution in [2.75, 3.05) is 28.4 Å². The van der Waals surface area contributed by atoms with E-state index < -0.39 is 0 Å². The van der Waals surface area contributed by atoms with E-state index in [9.17, 15) is 0 Å². The predicted molar refractivity (Wildman–Crippen MR) is 84.5 cm³/mol. The zero-order valence-corrected chi connectivity index (χ0v) is 13.1. The van der Waals surface area contributed by atoms with Gasteiger partial charge in [0.1, 0.15) is 0 Å². The average Bonchev–Trinajstić information content (AvgIpc) is 2.55. The zero-order valence-electron chi connectivity index (χ0n) is 13.1. The molecule has 0 N–H and O–H groups in total. The van der Waals surface area contributed by atoms with Crippen LogP contribution in [0.3, 0.4) is 0 Å². The molecule has 0 bridgehead atoms. The first-order valence-corrected chi connectivity index (χ1v) is 6.69. The number of methoxy groups -OCH3 is 2. The lowest BCUT2D eigenvalue weighted by atomic mass is 9.85. The second-order valence-electron chi connectivity index (χ2n) is 4.39.